The number of amides is 3. The van der Waals surface area contributed by atoms with E-state index >= 15 is 0 Å². The van der Waals surface area contributed by atoms with Crippen molar-refractivity contribution < 1.29 is 19.2 Å². The van der Waals surface area contributed by atoms with Crippen molar-refractivity contribution in [3.8, 4) is 0 Å². The number of nitrogens with one attached hydrogen (secondary N) is 1. The highest BCUT2D eigenvalue weighted by atomic mass is 79.9. The van der Waals surface area contributed by atoms with E-state index in [2.05, 4.69) is 37.3 Å². The number of hydroxylamine groups is 2. The fourth-order valence-electron chi connectivity index (χ4n) is 3.80. The molecule has 180 valence electrons. The number of aryl methyl sites for hydroxylation is 2. The summed E-state index contributed by atoms with van der Waals surface area (Å²) < 4.78 is 0.458. The smallest absolute Gasteiger partial charge is 0.285 e. The van der Waals surface area contributed by atoms with E-state index in [9.17, 15) is 14.4 Å². The van der Waals surface area contributed by atoms with Crippen LogP contribution < -0.4 is 5.32 Å². The average Bonchev–Trinajstić information content (AvgIpc) is 3.09. The van der Waals surface area contributed by atoms with Crippen LogP contribution in [0.5, 0.6) is 0 Å². The molecule has 0 unspecified atom stereocenters. The summed E-state index contributed by atoms with van der Waals surface area (Å²) in [5.74, 6) is -1.47. The van der Waals surface area contributed by atoms with E-state index in [1.165, 1.54) is 18.0 Å². The molecule has 0 saturated carbocycles. The molecule has 1 atom stereocenters. The zero-order chi connectivity index (χ0) is 25.1. The number of rotatable bonds is 8. The van der Waals surface area contributed by atoms with Crippen LogP contribution in [-0.2, 0) is 11.3 Å². The van der Waals surface area contributed by atoms with Crippen molar-refractivity contribution in [3.05, 3.63) is 86.6 Å². The van der Waals surface area contributed by atoms with Crippen LogP contribution in [0.1, 0.15) is 47.9 Å². The number of carbonyl (C=O) groups is 3. The number of benzene rings is 2. The Morgan fingerprint density at radius 3 is 2.46 bits per heavy atom. The Labute approximate surface area is 215 Å². The van der Waals surface area contributed by atoms with Gasteiger partial charge in [-0.25, -0.2) is 9.97 Å². The van der Waals surface area contributed by atoms with Gasteiger partial charge in [0.15, 0.2) is 5.16 Å². The quantitative estimate of drug-likeness (QED) is 0.253. The van der Waals surface area contributed by atoms with Crippen molar-refractivity contribution in [2.75, 3.05) is 12.9 Å². The molecular weight excluding hydrogens is 532 g/mol. The zero-order valence-corrected chi connectivity index (χ0v) is 21.8. The Hall–Kier alpha value is -3.08. The first-order valence-corrected chi connectivity index (χ1v) is 12.8. The van der Waals surface area contributed by atoms with E-state index in [-0.39, 0.29) is 12.3 Å². The van der Waals surface area contributed by atoms with Crippen LogP contribution in [-0.4, -0.2) is 51.7 Å². The lowest BCUT2D eigenvalue weighted by atomic mass is 9.99. The molecule has 1 aliphatic rings. The van der Waals surface area contributed by atoms with Crippen molar-refractivity contribution in [1.29, 1.82) is 0 Å². The van der Waals surface area contributed by atoms with Gasteiger partial charge in [-0.3, -0.25) is 19.2 Å². The first-order chi connectivity index (χ1) is 16.8. The molecule has 3 amide bonds. The van der Waals surface area contributed by atoms with Gasteiger partial charge < -0.3 is 5.32 Å². The van der Waals surface area contributed by atoms with Gasteiger partial charge in [0.25, 0.3) is 17.7 Å². The molecule has 10 heteroatoms. The molecule has 4 rings (SSSR count). The summed E-state index contributed by atoms with van der Waals surface area (Å²) in [6.45, 7) is 3.91. The molecule has 0 bridgehead atoms. The van der Waals surface area contributed by atoms with E-state index in [1.54, 1.807) is 24.3 Å². The minimum atomic E-state index is -0.548. The number of fused-ring (bicyclic) bond motifs is 1. The van der Waals surface area contributed by atoms with E-state index in [1.807, 2.05) is 32.2 Å². The number of thioether (sulfide) groups is 1. The second-order valence-electron chi connectivity index (χ2n) is 8.10. The molecule has 0 fully saturated rings. The molecule has 2 heterocycles. The number of halogens is 1. The van der Waals surface area contributed by atoms with Crippen molar-refractivity contribution in [1.82, 2.24) is 20.3 Å². The third-order valence-corrected chi connectivity index (χ3v) is 6.72. The predicted molar refractivity (Wildman–Crippen MR) is 135 cm³/mol. The Balaban J connectivity index is 1.55. The maximum atomic E-state index is 13.1. The molecule has 0 saturated heterocycles. The lowest BCUT2D eigenvalue weighted by Gasteiger charge is -2.22. The average molecular weight is 555 g/mol. The van der Waals surface area contributed by atoms with Gasteiger partial charge in [0, 0.05) is 6.20 Å². The first kappa shape index (κ1) is 25.0. The summed E-state index contributed by atoms with van der Waals surface area (Å²) in [7, 11) is 0. The number of aromatic nitrogens is 2. The van der Waals surface area contributed by atoms with Gasteiger partial charge in [0.1, 0.15) is 5.69 Å². The summed E-state index contributed by atoms with van der Waals surface area (Å²) in [5, 5.41) is 4.17. The number of hydrogen-bond donors (Lipinski definition) is 1. The number of carbonyl (C=O) groups excluding carboxylic acids is 3. The van der Waals surface area contributed by atoms with Gasteiger partial charge in [-0.1, -0.05) is 47.7 Å². The van der Waals surface area contributed by atoms with Crippen molar-refractivity contribution >= 4 is 45.4 Å². The largest absolute Gasteiger partial charge is 0.345 e. The third-order valence-electron chi connectivity index (χ3n) is 5.58. The van der Waals surface area contributed by atoms with Crippen LogP contribution in [0.15, 0.2) is 58.3 Å². The van der Waals surface area contributed by atoms with Crippen LogP contribution in [0.25, 0.3) is 0 Å². The van der Waals surface area contributed by atoms with Gasteiger partial charge in [-0.05, 0) is 65.7 Å². The molecule has 3 aromatic rings. The molecule has 0 spiro atoms. The second-order valence-corrected chi connectivity index (χ2v) is 9.73. The molecule has 1 aliphatic heterocycles. The van der Waals surface area contributed by atoms with Gasteiger partial charge in [-0.2, -0.15) is 0 Å². The number of imide groups is 1. The van der Waals surface area contributed by atoms with Gasteiger partial charge in [-0.15, -0.1) is 5.06 Å². The van der Waals surface area contributed by atoms with Crippen LogP contribution in [0, 0.1) is 13.8 Å². The van der Waals surface area contributed by atoms with E-state index < -0.39 is 23.8 Å². The summed E-state index contributed by atoms with van der Waals surface area (Å²) in [6.07, 6.45) is 3.78. The van der Waals surface area contributed by atoms with Crippen LogP contribution >= 0.6 is 27.7 Å². The fraction of sp³-hybridized carbons (Fsp3) is 0.240. The topological polar surface area (TPSA) is 101 Å². The van der Waals surface area contributed by atoms with E-state index in [0.29, 0.717) is 27.2 Å². The third kappa shape index (κ3) is 5.44. The van der Waals surface area contributed by atoms with Crippen LogP contribution in [0.3, 0.4) is 0 Å². The maximum Gasteiger partial charge on any atom is 0.285 e. The molecule has 0 radical (unpaired) electrons. The highest BCUT2D eigenvalue weighted by Gasteiger charge is 2.37. The SMILES string of the molecule is CSc1ncc(Br)c(C(=O)N[C@@H](CON2C(=O)c3ccccc3C2=O)Cc2ccc(C)cc2C)n1. The standard InChI is InChI=1S/C25H23BrN4O4S/c1-14-8-9-16(15(2)10-14)11-17(28-22(31)21-20(26)12-27-25(29-21)35-3)13-34-30-23(32)18-6-4-5-7-19(18)24(30)33/h4-10,12,17H,11,13H2,1-3H3,(H,28,31)/t17-/m1/s1. The van der Waals surface area contributed by atoms with Gasteiger partial charge in [0.05, 0.1) is 28.2 Å². The summed E-state index contributed by atoms with van der Waals surface area (Å²) in [6, 6.07) is 12.1. The summed E-state index contributed by atoms with van der Waals surface area (Å²) in [5.41, 5.74) is 3.99. The minimum Gasteiger partial charge on any atom is -0.345 e. The van der Waals surface area contributed by atoms with Crippen LogP contribution in [0.2, 0.25) is 0 Å². The summed E-state index contributed by atoms with van der Waals surface area (Å²) >= 11 is 4.66. The Bertz CT molecular complexity index is 1280. The van der Waals surface area contributed by atoms with Crippen molar-refractivity contribution in [2.24, 2.45) is 0 Å². The number of nitrogens with zero attached hydrogens (tertiary/aromatic N) is 3. The van der Waals surface area contributed by atoms with E-state index in [0.717, 1.165) is 21.8 Å². The number of hydrogen-bond acceptors (Lipinski definition) is 7. The molecule has 0 aliphatic carbocycles. The van der Waals surface area contributed by atoms with Crippen molar-refractivity contribution in [2.45, 2.75) is 31.5 Å². The fourth-order valence-corrected chi connectivity index (χ4v) is 4.51. The van der Waals surface area contributed by atoms with Crippen LogP contribution in [0.4, 0.5) is 0 Å². The lowest BCUT2D eigenvalue weighted by molar-refractivity contribution is -0.0969. The maximum absolute atomic E-state index is 13.1. The molecular formula is C25H23BrN4O4S. The Morgan fingerprint density at radius 2 is 1.83 bits per heavy atom. The molecule has 8 nitrogen and oxygen atoms in total. The Morgan fingerprint density at radius 1 is 1.14 bits per heavy atom. The minimum absolute atomic E-state index is 0.0946. The summed E-state index contributed by atoms with van der Waals surface area (Å²) in [4.78, 5) is 52.7. The predicted octanol–water partition coefficient (Wildman–Crippen LogP) is 4.15. The normalized spacial score (nSPS) is 13.7. The van der Waals surface area contributed by atoms with Gasteiger partial charge in [0.2, 0.25) is 0 Å². The highest BCUT2D eigenvalue weighted by Crippen LogP contribution is 2.23. The molecule has 2 aromatic carbocycles. The van der Waals surface area contributed by atoms with Crippen molar-refractivity contribution in [3.63, 3.8) is 0 Å². The monoisotopic (exact) mass is 554 g/mol. The highest BCUT2D eigenvalue weighted by molar-refractivity contribution is 9.10. The second kappa shape index (κ2) is 10.7. The Kier molecular flexibility index (Phi) is 7.63. The lowest BCUT2D eigenvalue weighted by Crippen LogP contribution is -2.43. The molecule has 1 N–H and O–H groups in total. The first-order valence-electron chi connectivity index (χ1n) is 10.8. The van der Waals surface area contributed by atoms with E-state index in [4.69, 9.17) is 4.84 Å². The van der Waals surface area contributed by atoms with Gasteiger partial charge >= 0.3 is 0 Å². The zero-order valence-electron chi connectivity index (χ0n) is 19.4. The molecule has 35 heavy (non-hydrogen) atoms. The molecule has 1 aromatic heterocycles.